The van der Waals surface area contributed by atoms with Gasteiger partial charge in [0.05, 0.1) is 0 Å². The van der Waals surface area contributed by atoms with Crippen molar-refractivity contribution in [1.29, 1.82) is 0 Å². The molecule has 13 heavy (non-hydrogen) atoms. The Balaban J connectivity index is 2.43. The zero-order chi connectivity index (χ0) is 9.84. The fourth-order valence-electron chi connectivity index (χ4n) is 1.16. The summed E-state index contributed by atoms with van der Waals surface area (Å²) >= 11 is 1.62. The molecule has 1 rings (SSSR count). The number of thioether (sulfide) groups is 1. The molecule has 0 radical (unpaired) electrons. The highest BCUT2D eigenvalue weighted by molar-refractivity contribution is 7.99. The Morgan fingerprint density at radius 2 is 1.46 bits per heavy atom. The maximum atomic E-state index is 10.7. The van der Waals surface area contributed by atoms with Gasteiger partial charge >= 0.3 is 11.9 Å². The molecule has 2 atom stereocenters. The van der Waals surface area contributed by atoms with Crippen LogP contribution in [0, 0.1) is 0 Å². The molecular weight excluding hydrogens is 192 g/mol. The quantitative estimate of drug-likeness (QED) is 0.616. The molecule has 0 aliphatic carbocycles. The first-order chi connectivity index (χ1) is 6.09. The van der Waals surface area contributed by atoms with Crippen LogP contribution in [0.5, 0.6) is 0 Å². The van der Waals surface area contributed by atoms with Crippen LogP contribution in [0.1, 0.15) is 13.8 Å². The van der Waals surface area contributed by atoms with Crippen molar-refractivity contribution in [2.24, 2.45) is 0 Å². The van der Waals surface area contributed by atoms with Gasteiger partial charge in [-0.3, -0.25) is 9.59 Å². The lowest BCUT2D eigenvalue weighted by Crippen LogP contribution is -2.32. The van der Waals surface area contributed by atoms with E-state index in [9.17, 15) is 9.59 Å². The molecule has 1 aliphatic heterocycles. The van der Waals surface area contributed by atoms with Crippen LogP contribution in [0.2, 0.25) is 0 Å². The second kappa shape index (κ2) is 4.50. The van der Waals surface area contributed by atoms with Gasteiger partial charge in [-0.1, -0.05) is 0 Å². The van der Waals surface area contributed by atoms with E-state index in [4.69, 9.17) is 9.47 Å². The molecule has 0 unspecified atom stereocenters. The van der Waals surface area contributed by atoms with Crippen LogP contribution < -0.4 is 0 Å². The Bertz CT molecular complexity index is 194. The average Bonchev–Trinajstić information content (AvgIpc) is 2.34. The first kappa shape index (κ1) is 10.4. The van der Waals surface area contributed by atoms with Crippen LogP contribution in [0.15, 0.2) is 0 Å². The molecule has 0 bridgehead atoms. The molecule has 0 aromatic rings. The Hall–Kier alpha value is -0.710. The first-order valence-electron chi connectivity index (χ1n) is 4.02. The van der Waals surface area contributed by atoms with Crippen molar-refractivity contribution in [3.8, 4) is 0 Å². The highest BCUT2D eigenvalue weighted by atomic mass is 32.2. The molecule has 0 aromatic carbocycles. The zero-order valence-corrected chi connectivity index (χ0v) is 8.43. The third-order valence-corrected chi connectivity index (χ3v) is 2.74. The van der Waals surface area contributed by atoms with Crippen molar-refractivity contribution in [1.82, 2.24) is 0 Å². The average molecular weight is 204 g/mol. The van der Waals surface area contributed by atoms with Crippen LogP contribution in [-0.4, -0.2) is 35.7 Å². The Labute approximate surface area is 81.0 Å². The van der Waals surface area contributed by atoms with Gasteiger partial charge in [0.25, 0.3) is 0 Å². The maximum Gasteiger partial charge on any atom is 0.303 e. The summed E-state index contributed by atoms with van der Waals surface area (Å²) in [4.78, 5) is 21.3. The molecule has 74 valence electrons. The topological polar surface area (TPSA) is 52.6 Å². The predicted octanol–water partition coefficient (Wildman–Crippen LogP) is 0.597. The van der Waals surface area contributed by atoms with E-state index in [1.807, 2.05) is 0 Å². The molecule has 0 saturated carbocycles. The normalized spacial score (nSPS) is 26.9. The molecule has 1 heterocycles. The van der Waals surface area contributed by atoms with Crippen molar-refractivity contribution in [3.05, 3.63) is 0 Å². The van der Waals surface area contributed by atoms with Crippen molar-refractivity contribution in [3.63, 3.8) is 0 Å². The number of ether oxygens (including phenoxy) is 2. The third kappa shape index (κ3) is 3.26. The smallest absolute Gasteiger partial charge is 0.303 e. The Morgan fingerprint density at radius 3 is 1.77 bits per heavy atom. The van der Waals surface area contributed by atoms with Crippen molar-refractivity contribution >= 4 is 23.7 Å². The minimum absolute atomic E-state index is 0.272. The van der Waals surface area contributed by atoms with Gasteiger partial charge in [0, 0.05) is 25.4 Å². The lowest BCUT2D eigenvalue weighted by atomic mass is 10.2. The first-order valence-corrected chi connectivity index (χ1v) is 5.17. The molecule has 1 saturated heterocycles. The summed E-state index contributed by atoms with van der Waals surface area (Å²) in [6.07, 6.45) is -0.544. The highest BCUT2D eigenvalue weighted by Crippen LogP contribution is 2.23. The van der Waals surface area contributed by atoms with E-state index < -0.39 is 0 Å². The molecule has 1 aliphatic rings. The fourth-order valence-corrected chi connectivity index (χ4v) is 2.33. The van der Waals surface area contributed by atoms with Gasteiger partial charge in [-0.05, 0) is 0 Å². The number of esters is 2. The number of hydrogen-bond acceptors (Lipinski definition) is 5. The van der Waals surface area contributed by atoms with Gasteiger partial charge in [0.2, 0.25) is 0 Å². The molecule has 0 amide bonds. The van der Waals surface area contributed by atoms with E-state index in [0.717, 1.165) is 0 Å². The van der Waals surface area contributed by atoms with Crippen molar-refractivity contribution in [2.75, 3.05) is 11.5 Å². The monoisotopic (exact) mass is 204 g/mol. The summed E-state index contributed by atoms with van der Waals surface area (Å²) < 4.78 is 9.98. The van der Waals surface area contributed by atoms with Gasteiger partial charge in [-0.25, -0.2) is 0 Å². The predicted molar refractivity (Wildman–Crippen MR) is 48.4 cm³/mol. The number of hydrogen-bond donors (Lipinski definition) is 0. The summed E-state index contributed by atoms with van der Waals surface area (Å²) in [5.74, 6) is 0.754. The molecule has 0 N–H and O–H groups in total. The summed E-state index contributed by atoms with van der Waals surface area (Å²) in [6.45, 7) is 2.71. The van der Waals surface area contributed by atoms with Crippen molar-refractivity contribution in [2.45, 2.75) is 26.1 Å². The lowest BCUT2D eigenvalue weighted by molar-refractivity contribution is -0.160. The Kier molecular flexibility index (Phi) is 3.59. The number of carbonyl (C=O) groups excluding carboxylic acids is 2. The van der Waals surface area contributed by atoms with Gasteiger partial charge in [0.15, 0.2) is 0 Å². The summed E-state index contributed by atoms with van der Waals surface area (Å²) in [5, 5.41) is 0. The van der Waals surface area contributed by atoms with Crippen LogP contribution >= 0.6 is 11.8 Å². The summed E-state index contributed by atoms with van der Waals surface area (Å²) in [7, 11) is 0. The van der Waals surface area contributed by atoms with Gasteiger partial charge in [-0.15, -0.1) is 0 Å². The SMILES string of the molecule is CC(=O)O[C@H]1CSC[C@H]1OC(C)=O. The summed E-state index contributed by atoms with van der Waals surface area (Å²) in [5.41, 5.74) is 0. The van der Waals surface area contributed by atoms with E-state index in [0.29, 0.717) is 11.5 Å². The van der Waals surface area contributed by atoms with E-state index in [-0.39, 0.29) is 24.1 Å². The maximum absolute atomic E-state index is 10.7. The third-order valence-electron chi connectivity index (χ3n) is 1.61. The minimum atomic E-state index is -0.329. The molecule has 4 nitrogen and oxygen atoms in total. The number of rotatable bonds is 2. The van der Waals surface area contributed by atoms with Gasteiger partial charge in [-0.2, -0.15) is 11.8 Å². The van der Waals surface area contributed by atoms with Crippen molar-refractivity contribution < 1.29 is 19.1 Å². The second-order valence-electron chi connectivity index (χ2n) is 2.83. The minimum Gasteiger partial charge on any atom is -0.458 e. The largest absolute Gasteiger partial charge is 0.458 e. The van der Waals surface area contributed by atoms with Crippen LogP contribution in [0.4, 0.5) is 0 Å². The standard InChI is InChI=1S/C8H12O4S/c1-5(9)11-7-3-13-4-8(7)12-6(2)10/h7-8H,3-4H2,1-2H3/t7-,8+. The zero-order valence-electron chi connectivity index (χ0n) is 7.61. The molecule has 0 spiro atoms. The molecular formula is C8H12O4S. The lowest BCUT2D eigenvalue weighted by Gasteiger charge is -2.17. The summed E-state index contributed by atoms with van der Waals surface area (Å²) in [6, 6.07) is 0. The number of carbonyl (C=O) groups is 2. The van der Waals surface area contributed by atoms with Crippen LogP contribution in [0.25, 0.3) is 0 Å². The van der Waals surface area contributed by atoms with E-state index in [1.54, 1.807) is 11.8 Å². The Morgan fingerprint density at radius 1 is 1.08 bits per heavy atom. The van der Waals surface area contributed by atoms with Crippen LogP contribution in [-0.2, 0) is 19.1 Å². The molecule has 5 heteroatoms. The van der Waals surface area contributed by atoms with Gasteiger partial charge in [0.1, 0.15) is 12.2 Å². The molecule has 1 fully saturated rings. The van der Waals surface area contributed by atoms with Crippen LogP contribution in [0.3, 0.4) is 0 Å². The van der Waals surface area contributed by atoms with E-state index in [2.05, 4.69) is 0 Å². The molecule has 0 aromatic heterocycles. The highest BCUT2D eigenvalue weighted by Gasteiger charge is 2.32. The van der Waals surface area contributed by atoms with E-state index >= 15 is 0 Å². The second-order valence-corrected chi connectivity index (χ2v) is 3.91. The van der Waals surface area contributed by atoms with Gasteiger partial charge < -0.3 is 9.47 Å². The van der Waals surface area contributed by atoms with E-state index in [1.165, 1.54) is 13.8 Å². The fraction of sp³-hybridized carbons (Fsp3) is 0.750.